The van der Waals surface area contributed by atoms with Gasteiger partial charge in [-0.2, -0.15) is 0 Å². The molecular formula is C17H24N4O3. The standard InChI is InChI=1S/C17H24N4O3/c1-20-6-13(8-24-7-12-2-3-12)5-17(20)9-21(10-17)16(23)14-4-15(22)19-11-18-14/h4,11-13H,2-3,5-10H2,1H3,(H,18,19,22)/t13-/m1/s1. The molecular weight excluding hydrogens is 308 g/mol. The Labute approximate surface area is 141 Å². The van der Waals surface area contributed by atoms with Gasteiger partial charge in [0.05, 0.1) is 18.5 Å². The summed E-state index contributed by atoms with van der Waals surface area (Å²) in [7, 11) is 2.13. The van der Waals surface area contributed by atoms with Crippen LogP contribution in [0.2, 0.25) is 0 Å². The molecule has 0 radical (unpaired) electrons. The Bertz CT molecular complexity index is 678. The van der Waals surface area contributed by atoms with E-state index in [1.54, 1.807) is 4.90 Å². The number of H-pyrrole nitrogens is 1. The number of hydrogen-bond acceptors (Lipinski definition) is 5. The summed E-state index contributed by atoms with van der Waals surface area (Å²) >= 11 is 0. The topological polar surface area (TPSA) is 78.5 Å². The Hall–Kier alpha value is -1.73. The van der Waals surface area contributed by atoms with E-state index in [0.717, 1.165) is 32.1 Å². The third kappa shape index (κ3) is 2.98. The van der Waals surface area contributed by atoms with Gasteiger partial charge >= 0.3 is 0 Å². The van der Waals surface area contributed by atoms with Crippen LogP contribution >= 0.6 is 0 Å². The zero-order valence-corrected chi connectivity index (χ0v) is 14.0. The van der Waals surface area contributed by atoms with E-state index in [4.69, 9.17) is 4.74 Å². The first-order valence-corrected chi connectivity index (χ1v) is 8.69. The zero-order valence-electron chi connectivity index (χ0n) is 14.0. The second kappa shape index (κ2) is 5.97. The Morgan fingerprint density at radius 1 is 1.38 bits per heavy atom. The quantitative estimate of drug-likeness (QED) is 0.841. The van der Waals surface area contributed by atoms with Gasteiger partial charge in [-0.25, -0.2) is 4.98 Å². The smallest absolute Gasteiger partial charge is 0.272 e. The molecule has 0 bridgehead atoms. The average Bonchev–Trinajstić information content (AvgIpc) is 3.27. The second-order valence-electron chi connectivity index (χ2n) is 7.61. The lowest BCUT2D eigenvalue weighted by Gasteiger charge is -2.51. The maximum atomic E-state index is 12.4. The van der Waals surface area contributed by atoms with Gasteiger partial charge in [0.15, 0.2) is 0 Å². The van der Waals surface area contributed by atoms with E-state index in [9.17, 15) is 9.59 Å². The van der Waals surface area contributed by atoms with Crippen LogP contribution in [0.4, 0.5) is 0 Å². The SMILES string of the molecule is CN1C[C@H](COCC2CC2)CC12CN(C(=O)c1cc(=O)[nH]cn1)C2. The summed E-state index contributed by atoms with van der Waals surface area (Å²) in [6, 6.07) is 1.26. The van der Waals surface area contributed by atoms with Crippen LogP contribution in [0.5, 0.6) is 0 Å². The Balaban J connectivity index is 1.31. The number of carbonyl (C=O) groups is 1. The molecule has 1 atom stereocenters. The van der Waals surface area contributed by atoms with E-state index < -0.39 is 0 Å². The predicted octanol–water partition coefficient (Wildman–Crippen LogP) is 0.343. The highest BCUT2D eigenvalue weighted by molar-refractivity contribution is 5.93. The van der Waals surface area contributed by atoms with E-state index in [0.29, 0.717) is 19.0 Å². The van der Waals surface area contributed by atoms with Gasteiger partial charge < -0.3 is 14.6 Å². The van der Waals surface area contributed by atoms with E-state index in [1.165, 1.54) is 25.2 Å². The molecule has 7 nitrogen and oxygen atoms in total. The Kier molecular flexibility index (Phi) is 3.92. The van der Waals surface area contributed by atoms with Crippen LogP contribution in [0, 0.1) is 11.8 Å². The van der Waals surface area contributed by atoms with Crippen molar-refractivity contribution in [1.82, 2.24) is 19.8 Å². The summed E-state index contributed by atoms with van der Waals surface area (Å²) in [5, 5.41) is 0. The molecule has 1 spiro atoms. The first-order chi connectivity index (χ1) is 11.6. The number of nitrogens with zero attached hydrogens (tertiary/aromatic N) is 3. The van der Waals surface area contributed by atoms with Gasteiger partial charge in [0.1, 0.15) is 5.69 Å². The maximum absolute atomic E-state index is 12.4. The number of carbonyl (C=O) groups excluding carboxylic acids is 1. The first-order valence-electron chi connectivity index (χ1n) is 8.69. The summed E-state index contributed by atoms with van der Waals surface area (Å²) in [6.07, 6.45) is 4.99. The molecule has 1 N–H and O–H groups in total. The number of rotatable bonds is 5. The number of nitrogens with one attached hydrogen (secondary N) is 1. The van der Waals surface area contributed by atoms with Gasteiger partial charge in [0.2, 0.25) is 0 Å². The normalized spacial score (nSPS) is 25.9. The summed E-state index contributed by atoms with van der Waals surface area (Å²) in [4.78, 5) is 34.3. The number of ether oxygens (including phenoxy) is 1. The van der Waals surface area contributed by atoms with Crippen LogP contribution in [0.15, 0.2) is 17.2 Å². The molecule has 3 aliphatic rings. The van der Waals surface area contributed by atoms with E-state index in [-0.39, 0.29) is 22.7 Å². The molecule has 0 unspecified atom stereocenters. The molecule has 3 heterocycles. The molecule has 1 saturated carbocycles. The van der Waals surface area contributed by atoms with Crippen molar-refractivity contribution in [3.63, 3.8) is 0 Å². The number of amides is 1. The number of likely N-dealkylation sites (tertiary alicyclic amines) is 2. The number of aromatic nitrogens is 2. The molecule has 1 aliphatic carbocycles. The highest BCUT2D eigenvalue weighted by atomic mass is 16.5. The van der Waals surface area contributed by atoms with Crippen molar-refractivity contribution in [3.05, 3.63) is 28.4 Å². The van der Waals surface area contributed by atoms with Crippen LogP contribution < -0.4 is 5.56 Å². The highest BCUT2D eigenvalue weighted by Crippen LogP contribution is 2.40. The summed E-state index contributed by atoms with van der Waals surface area (Å²) < 4.78 is 5.85. The number of likely N-dealkylation sites (N-methyl/N-ethyl adjacent to an activating group) is 1. The predicted molar refractivity (Wildman–Crippen MR) is 87.8 cm³/mol. The first kappa shape index (κ1) is 15.8. The van der Waals surface area contributed by atoms with Gasteiger partial charge in [-0.05, 0) is 38.1 Å². The molecule has 1 aromatic heterocycles. The van der Waals surface area contributed by atoms with Crippen molar-refractivity contribution < 1.29 is 9.53 Å². The van der Waals surface area contributed by atoms with Crippen molar-refractivity contribution in [2.24, 2.45) is 11.8 Å². The van der Waals surface area contributed by atoms with Crippen LogP contribution in [-0.2, 0) is 4.74 Å². The van der Waals surface area contributed by atoms with Gasteiger partial charge in [-0.3, -0.25) is 14.5 Å². The van der Waals surface area contributed by atoms with E-state index in [2.05, 4.69) is 21.9 Å². The van der Waals surface area contributed by atoms with Crippen molar-refractivity contribution >= 4 is 5.91 Å². The summed E-state index contributed by atoms with van der Waals surface area (Å²) in [5.41, 5.74) is -0.00204. The fourth-order valence-corrected chi connectivity index (χ4v) is 3.96. The summed E-state index contributed by atoms with van der Waals surface area (Å²) in [6.45, 7) is 4.17. The Morgan fingerprint density at radius 2 is 2.12 bits per heavy atom. The minimum Gasteiger partial charge on any atom is -0.381 e. The van der Waals surface area contributed by atoms with Crippen molar-refractivity contribution in [2.45, 2.75) is 24.8 Å². The maximum Gasteiger partial charge on any atom is 0.272 e. The molecule has 130 valence electrons. The zero-order chi connectivity index (χ0) is 16.7. The van der Waals surface area contributed by atoms with Crippen LogP contribution in [-0.4, -0.2) is 71.1 Å². The van der Waals surface area contributed by atoms with Crippen molar-refractivity contribution in [2.75, 3.05) is 39.9 Å². The molecule has 4 rings (SSSR count). The lowest BCUT2D eigenvalue weighted by molar-refractivity contribution is -0.00839. The molecule has 1 aromatic rings. The summed E-state index contributed by atoms with van der Waals surface area (Å²) in [5.74, 6) is 1.19. The van der Waals surface area contributed by atoms with E-state index in [1.807, 2.05) is 0 Å². The largest absolute Gasteiger partial charge is 0.381 e. The fourth-order valence-electron chi connectivity index (χ4n) is 3.96. The second-order valence-corrected chi connectivity index (χ2v) is 7.61. The van der Waals surface area contributed by atoms with Gasteiger partial charge in [0.25, 0.3) is 11.5 Å². The minimum absolute atomic E-state index is 0.0739. The highest BCUT2D eigenvalue weighted by Gasteiger charge is 2.53. The van der Waals surface area contributed by atoms with Crippen molar-refractivity contribution in [1.29, 1.82) is 0 Å². The minimum atomic E-state index is -0.297. The average molecular weight is 332 g/mol. The third-order valence-corrected chi connectivity index (χ3v) is 5.57. The molecule has 0 aromatic carbocycles. The monoisotopic (exact) mass is 332 g/mol. The van der Waals surface area contributed by atoms with Crippen LogP contribution in [0.25, 0.3) is 0 Å². The molecule has 2 aliphatic heterocycles. The fraction of sp³-hybridized carbons (Fsp3) is 0.706. The van der Waals surface area contributed by atoms with E-state index >= 15 is 0 Å². The number of hydrogen-bond donors (Lipinski definition) is 1. The van der Waals surface area contributed by atoms with Crippen molar-refractivity contribution in [3.8, 4) is 0 Å². The molecule has 7 heteroatoms. The van der Waals surface area contributed by atoms with Crippen LogP contribution in [0.1, 0.15) is 29.8 Å². The lowest BCUT2D eigenvalue weighted by atomic mass is 9.84. The third-order valence-electron chi connectivity index (χ3n) is 5.57. The Morgan fingerprint density at radius 3 is 2.83 bits per heavy atom. The van der Waals surface area contributed by atoms with Gasteiger partial charge in [-0.15, -0.1) is 0 Å². The van der Waals surface area contributed by atoms with Crippen LogP contribution in [0.3, 0.4) is 0 Å². The van der Waals surface area contributed by atoms with Gasteiger partial charge in [-0.1, -0.05) is 0 Å². The molecule has 1 amide bonds. The molecule has 3 fully saturated rings. The number of aromatic amines is 1. The molecule has 2 saturated heterocycles. The van der Waals surface area contributed by atoms with Gasteiger partial charge in [0, 0.05) is 32.3 Å². The lowest BCUT2D eigenvalue weighted by Crippen LogP contribution is -2.68. The molecule has 24 heavy (non-hydrogen) atoms.